The fourth-order valence-corrected chi connectivity index (χ4v) is 2.98. The number of hydrogen-bond acceptors (Lipinski definition) is 3. The summed E-state index contributed by atoms with van der Waals surface area (Å²) in [6.07, 6.45) is 0. The van der Waals surface area contributed by atoms with Crippen LogP contribution in [0.25, 0.3) is 10.9 Å². The summed E-state index contributed by atoms with van der Waals surface area (Å²) in [6, 6.07) is 14.4. The molecule has 0 atom stereocenters. The molecule has 6 heteroatoms. The minimum atomic E-state index is -0.266. The van der Waals surface area contributed by atoms with Gasteiger partial charge in [0.25, 0.3) is 11.8 Å². The quantitative estimate of drug-likeness (QED) is 0.695. The van der Waals surface area contributed by atoms with Gasteiger partial charge in [-0.15, -0.1) is 0 Å². The molecule has 0 spiro atoms. The number of fused-ring (bicyclic) bond motifs is 1. The van der Waals surface area contributed by atoms with Gasteiger partial charge in [0, 0.05) is 41.3 Å². The van der Waals surface area contributed by atoms with Crippen molar-refractivity contribution in [1.29, 1.82) is 0 Å². The maximum Gasteiger partial charge on any atom is 0.272 e. The van der Waals surface area contributed by atoms with Crippen LogP contribution < -0.4 is 10.1 Å². The van der Waals surface area contributed by atoms with Crippen molar-refractivity contribution in [3.63, 3.8) is 0 Å². The Bertz CT molecular complexity index is 974. The third-order valence-electron chi connectivity index (χ3n) is 4.49. The Kier molecular flexibility index (Phi) is 5.45. The second-order valence-corrected chi connectivity index (χ2v) is 6.15. The molecule has 2 aromatic carbocycles. The Balaban J connectivity index is 1.80. The zero-order valence-electron chi connectivity index (χ0n) is 15.7. The number of nitrogens with one attached hydrogen (secondary N) is 2. The first-order chi connectivity index (χ1) is 13.0. The number of amides is 2. The molecule has 0 aliphatic heterocycles. The van der Waals surface area contributed by atoms with E-state index in [0.29, 0.717) is 30.0 Å². The summed E-state index contributed by atoms with van der Waals surface area (Å²) in [4.78, 5) is 29.9. The van der Waals surface area contributed by atoms with Crippen molar-refractivity contribution in [2.24, 2.45) is 0 Å². The topological polar surface area (TPSA) is 74.4 Å². The Morgan fingerprint density at radius 3 is 2.56 bits per heavy atom. The van der Waals surface area contributed by atoms with E-state index in [9.17, 15) is 9.59 Å². The summed E-state index contributed by atoms with van der Waals surface area (Å²) in [5.74, 6) is 0.408. The molecule has 0 unspecified atom stereocenters. The van der Waals surface area contributed by atoms with Crippen LogP contribution in [0.1, 0.15) is 34.7 Å². The first-order valence-corrected chi connectivity index (χ1v) is 8.93. The Morgan fingerprint density at radius 1 is 1.07 bits per heavy atom. The summed E-state index contributed by atoms with van der Waals surface area (Å²) >= 11 is 0. The lowest BCUT2D eigenvalue weighted by Crippen LogP contribution is -2.30. The van der Waals surface area contributed by atoms with Gasteiger partial charge < -0.3 is 19.9 Å². The largest absolute Gasteiger partial charge is 0.497 e. The van der Waals surface area contributed by atoms with Crippen molar-refractivity contribution < 1.29 is 14.3 Å². The Labute approximate surface area is 158 Å². The number of nitrogens with zero attached hydrogens (tertiary/aromatic N) is 1. The fourth-order valence-electron chi connectivity index (χ4n) is 2.98. The molecular formula is C21H23N3O3. The van der Waals surface area contributed by atoms with Crippen molar-refractivity contribution in [2.75, 3.05) is 25.5 Å². The van der Waals surface area contributed by atoms with Gasteiger partial charge in [-0.3, -0.25) is 9.59 Å². The number of benzene rings is 2. The van der Waals surface area contributed by atoms with Gasteiger partial charge in [-0.05, 0) is 50.2 Å². The van der Waals surface area contributed by atoms with Crippen molar-refractivity contribution in [3.05, 3.63) is 59.8 Å². The third kappa shape index (κ3) is 3.95. The van der Waals surface area contributed by atoms with Crippen molar-refractivity contribution >= 4 is 28.4 Å². The number of hydrogen-bond donors (Lipinski definition) is 2. The SMILES string of the molecule is CCN(CC)C(=O)c1cccc(NC(=O)c2cc3ccc(OC)cc3[nH]2)c1. The van der Waals surface area contributed by atoms with E-state index >= 15 is 0 Å². The molecular weight excluding hydrogens is 342 g/mol. The highest BCUT2D eigenvalue weighted by molar-refractivity contribution is 6.06. The maximum atomic E-state index is 12.6. The Morgan fingerprint density at radius 2 is 1.85 bits per heavy atom. The average molecular weight is 365 g/mol. The smallest absolute Gasteiger partial charge is 0.272 e. The van der Waals surface area contributed by atoms with Gasteiger partial charge in [0.15, 0.2) is 0 Å². The van der Waals surface area contributed by atoms with Gasteiger partial charge >= 0.3 is 0 Å². The Hall–Kier alpha value is -3.28. The third-order valence-corrected chi connectivity index (χ3v) is 4.49. The van der Waals surface area contributed by atoms with E-state index in [0.717, 1.165) is 16.7 Å². The van der Waals surface area contributed by atoms with E-state index in [1.807, 2.05) is 32.0 Å². The predicted molar refractivity (Wildman–Crippen MR) is 106 cm³/mol. The highest BCUT2D eigenvalue weighted by Crippen LogP contribution is 2.22. The minimum Gasteiger partial charge on any atom is -0.497 e. The zero-order chi connectivity index (χ0) is 19.4. The number of methoxy groups -OCH3 is 1. The van der Waals surface area contributed by atoms with Crippen LogP contribution in [0.5, 0.6) is 5.75 Å². The lowest BCUT2D eigenvalue weighted by Gasteiger charge is -2.19. The minimum absolute atomic E-state index is 0.0474. The van der Waals surface area contributed by atoms with E-state index in [1.165, 1.54) is 0 Å². The van der Waals surface area contributed by atoms with Crippen LogP contribution in [0.15, 0.2) is 48.5 Å². The summed E-state index contributed by atoms with van der Waals surface area (Å²) in [5, 5.41) is 3.77. The summed E-state index contributed by atoms with van der Waals surface area (Å²) in [5.41, 5.74) is 2.40. The normalized spacial score (nSPS) is 10.6. The molecule has 2 amide bonds. The molecule has 0 aliphatic carbocycles. The molecule has 0 fully saturated rings. The molecule has 140 valence electrons. The number of carbonyl (C=O) groups excluding carboxylic acids is 2. The molecule has 0 bridgehead atoms. The monoisotopic (exact) mass is 365 g/mol. The van der Waals surface area contributed by atoms with Crippen molar-refractivity contribution in [2.45, 2.75) is 13.8 Å². The van der Waals surface area contributed by atoms with Crippen LogP contribution in [0.4, 0.5) is 5.69 Å². The van der Waals surface area contributed by atoms with E-state index in [2.05, 4.69) is 10.3 Å². The van der Waals surface area contributed by atoms with Gasteiger partial charge in [-0.25, -0.2) is 0 Å². The van der Waals surface area contributed by atoms with E-state index in [1.54, 1.807) is 42.3 Å². The highest BCUT2D eigenvalue weighted by Gasteiger charge is 2.14. The van der Waals surface area contributed by atoms with Crippen LogP contribution >= 0.6 is 0 Å². The summed E-state index contributed by atoms with van der Waals surface area (Å²) in [6.45, 7) is 5.17. The number of ether oxygens (including phenoxy) is 1. The van der Waals surface area contributed by atoms with Crippen molar-refractivity contribution in [1.82, 2.24) is 9.88 Å². The molecule has 3 rings (SSSR count). The second-order valence-electron chi connectivity index (χ2n) is 6.15. The van der Waals surface area contributed by atoms with E-state index in [-0.39, 0.29) is 11.8 Å². The number of aromatic nitrogens is 1. The van der Waals surface area contributed by atoms with E-state index in [4.69, 9.17) is 4.74 Å². The van der Waals surface area contributed by atoms with Gasteiger partial charge in [-0.1, -0.05) is 6.07 Å². The van der Waals surface area contributed by atoms with Crippen LogP contribution in [0.2, 0.25) is 0 Å². The molecule has 6 nitrogen and oxygen atoms in total. The summed E-state index contributed by atoms with van der Waals surface area (Å²) in [7, 11) is 1.60. The summed E-state index contributed by atoms with van der Waals surface area (Å²) < 4.78 is 5.20. The standard InChI is InChI=1S/C21H23N3O3/c1-4-24(5-2)21(26)15-7-6-8-16(11-15)22-20(25)19-12-14-9-10-17(27-3)13-18(14)23-19/h6-13,23H,4-5H2,1-3H3,(H,22,25). The maximum absolute atomic E-state index is 12.6. The first-order valence-electron chi connectivity index (χ1n) is 8.93. The first kappa shape index (κ1) is 18.5. The molecule has 3 aromatic rings. The molecule has 0 radical (unpaired) electrons. The van der Waals surface area contributed by atoms with Crippen LogP contribution in [0.3, 0.4) is 0 Å². The van der Waals surface area contributed by atoms with Gasteiger partial charge in [0.2, 0.25) is 0 Å². The van der Waals surface area contributed by atoms with E-state index < -0.39 is 0 Å². The molecule has 2 N–H and O–H groups in total. The fraction of sp³-hybridized carbons (Fsp3) is 0.238. The average Bonchev–Trinajstić information content (AvgIpc) is 3.12. The molecule has 1 heterocycles. The van der Waals surface area contributed by atoms with Crippen LogP contribution in [-0.4, -0.2) is 41.9 Å². The molecule has 0 saturated heterocycles. The lowest BCUT2D eigenvalue weighted by atomic mass is 10.1. The molecule has 1 aromatic heterocycles. The van der Waals surface area contributed by atoms with Gasteiger partial charge in [-0.2, -0.15) is 0 Å². The lowest BCUT2D eigenvalue weighted by molar-refractivity contribution is 0.0772. The number of rotatable bonds is 6. The predicted octanol–water partition coefficient (Wildman–Crippen LogP) is 3.91. The molecule has 27 heavy (non-hydrogen) atoms. The zero-order valence-corrected chi connectivity index (χ0v) is 15.7. The molecule has 0 saturated carbocycles. The highest BCUT2D eigenvalue weighted by atomic mass is 16.5. The van der Waals surface area contributed by atoms with Crippen molar-refractivity contribution in [3.8, 4) is 5.75 Å². The van der Waals surface area contributed by atoms with Gasteiger partial charge in [0.1, 0.15) is 11.4 Å². The number of carbonyl (C=O) groups is 2. The van der Waals surface area contributed by atoms with Crippen LogP contribution in [-0.2, 0) is 0 Å². The van der Waals surface area contributed by atoms with Gasteiger partial charge in [0.05, 0.1) is 7.11 Å². The molecule has 0 aliphatic rings. The number of anilines is 1. The second kappa shape index (κ2) is 7.95. The number of H-pyrrole nitrogens is 1. The van der Waals surface area contributed by atoms with Crippen LogP contribution in [0, 0.1) is 0 Å². The number of aromatic amines is 1.